The molecular weight excluding hydrogens is 883 g/mol. The second-order valence-corrected chi connectivity index (χ2v) is 17.0. The molecule has 0 aromatic heterocycles. The van der Waals surface area contributed by atoms with Crippen molar-refractivity contribution < 1.29 is 90.1 Å². The highest BCUT2D eigenvalue weighted by Crippen LogP contribution is 2.46. The van der Waals surface area contributed by atoms with Crippen LogP contribution in [-0.2, 0) is 52.8 Å². The zero-order valence-corrected chi connectivity index (χ0v) is 36.4. The highest BCUT2D eigenvalue weighted by molar-refractivity contribution is 6.02. The second kappa shape index (κ2) is 24.7. The Hall–Kier alpha value is -5.49. The highest BCUT2D eigenvalue weighted by Gasteiger charge is 2.71. The number of carbonyl (C=O) groups is 10. The molecule has 0 aromatic rings. The standard InChI is InChI=1S/C40H59F5N6O14/c1-5-21(4)31(36(63)48-25(18-22-9-7-6-8-10-22)35(62)50-38(15-16-38)37(64)39(41,42)40(43,44)45)49-33(60)24(17-20(2)3)47-32(59)23(11-12-27(52)53)46-34(61)26(19-29(56)57)51-65-30(58)14-13-28(54)55/h20-26,31,51H,5-19H2,1-4H3,(H,46,61)(H,47,59)(H,48,63)(H,49,60)(H,50,62)(H,52,53)(H,54,55)(H,56,57)/t21-,23-,24+,25+,26+,31+/m1/s1. The maximum Gasteiger partial charge on any atom is 0.461 e. The first-order valence-corrected chi connectivity index (χ1v) is 21.3. The third kappa shape index (κ3) is 17.8. The van der Waals surface area contributed by atoms with Gasteiger partial charge in [0.1, 0.15) is 35.7 Å². The molecule has 0 saturated heterocycles. The third-order valence-corrected chi connectivity index (χ3v) is 11.1. The fourth-order valence-corrected chi connectivity index (χ4v) is 7.03. The molecule has 6 atom stereocenters. The van der Waals surface area contributed by atoms with Crippen molar-refractivity contribution in [2.24, 2.45) is 17.8 Å². The van der Waals surface area contributed by atoms with Crippen LogP contribution in [0.4, 0.5) is 22.0 Å². The summed E-state index contributed by atoms with van der Waals surface area (Å²) in [5.74, 6) is -20.6. The molecule has 2 aliphatic carbocycles. The van der Waals surface area contributed by atoms with E-state index in [0.717, 1.165) is 19.3 Å². The number of rotatable bonds is 28. The highest BCUT2D eigenvalue weighted by atomic mass is 19.4. The Morgan fingerprint density at radius 2 is 1.20 bits per heavy atom. The van der Waals surface area contributed by atoms with Gasteiger partial charge in [0.25, 0.3) is 0 Å². The molecule has 2 saturated carbocycles. The summed E-state index contributed by atoms with van der Waals surface area (Å²) in [5, 5.41) is 39.1. The molecule has 20 nitrogen and oxygen atoms in total. The van der Waals surface area contributed by atoms with Gasteiger partial charge in [-0.3, -0.25) is 47.9 Å². The molecule has 65 heavy (non-hydrogen) atoms. The number of carboxylic acid groups (broad SMARTS) is 3. The van der Waals surface area contributed by atoms with Gasteiger partial charge >= 0.3 is 36.0 Å². The van der Waals surface area contributed by atoms with Crippen molar-refractivity contribution in [3.63, 3.8) is 0 Å². The quantitative estimate of drug-likeness (QED) is 0.0401. The summed E-state index contributed by atoms with van der Waals surface area (Å²) in [6, 6.07) is -8.14. The third-order valence-electron chi connectivity index (χ3n) is 11.1. The van der Waals surface area contributed by atoms with Gasteiger partial charge < -0.3 is 46.7 Å². The Labute approximate surface area is 370 Å². The maximum atomic E-state index is 14.2. The Morgan fingerprint density at radius 1 is 0.662 bits per heavy atom. The maximum absolute atomic E-state index is 14.2. The van der Waals surface area contributed by atoms with E-state index in [0.29, 0.717) is 12.8 Å². The lowest BCUT2D eigenvalue weighted by molar-refractivity contribution is -0.270. The zero-order chi connectivity index (χ0) is 49.4. The van der Waals surface area contributed by atoms with Gasteiger partial charge in [0.15, 0.2) is 0 Å². The van der Waals surface area contributed by atoms with Crippen molar-refractivity contribution in [1.29, 1.82) is 0 Å². The minimum atomic E-state index is -6.23. The van der Waals surface area contributed by atoms with Crippen LogP contribution in [0.25, 0.3) is 0 Å². The van der Waals surface area contributed by atoms with Gasteiger partial charge in [-0.1, -0.05) is 66.2 Å². The van der Waals surface area contributed by atoms with Crippen molar-refractivity contribution in [3.05, 3.63) is 0 Å². The van der Waals surface area contributed by atoms with E-state index in [1.54, 1.807) is 27.7 Å². The van der Waals surface area contributed by atoms with Crippen molar-refractivity contribution in [1.82, 2.24) is 32.1 Å². The molecule has 0 spiro atoms. The molecule has 368 valence electrons. The normalized spacial score (nSPS) is 17.8. The van der Waals surface area contributed by atoms with Crippen molar-refractivity contribution in [2.45, 2.75) is 172 Å². The number of aliphatic carboxylic acids is 3. The molecule has 0 bridgehead atoms. The van der Waals surface area contributed by atoms with Crippen LogP contribution in [0.5, 0.6) is 0 Å². The average molecular weight is 943 g/mol. The number of hydrogen-bond donors (Lipinski definition) is 9. The molecule has 2 rings (SSSR count). The van der Waals surface area contributed by atoms with Gasteiger partial charge in [-0.05, 0) is 49.9 Å². The Balaban J connectivity index is 2.37. The van der Waals surface area contributed by atoms with Gasteiger partial charge in [0.05, 0.1) is 19.3 Å². The summed E-state index contributed by atoms with van der Waals surface area (Å²) < 4.78 is 67.7. The molecule has 2 fully saturated rings. The number of Topliss-reactive ketones (excluding diaryl/α,β-unsaturated/α-hetero) is 1. The summed E-state index contributed by atoms with van der Waals surface area (Å²) >= 11 is 0. The van der Waals surface area contributed by atoms with E-state index in [1.807, 2.05) is 10.8 Å². The van der Waals surface area contributed by atoms with Gasteiger partial charge in [-0.15, -0.1) is 5.48 Å². The smallest absolute Gasteiger partial charge is 0.461 e. The van der Waals surface area contributed by atoms with E-state index in [1.165, 1.54) is 0 Å². The Morgan fingerprint density at radius 3 is 1.71 bits per heavy atom. The molecule has 0 radical (unpaired) electrons. The summed E-state index contributed by atoms with van der Waals surface area (Å²) in [6.45, 7) is 6.52. The fraction of sp³-hybridized carbons (Fsp3) is 0.750. The van der Waals surface area contributed by atoms with E-state index < -0.39 is 158 Å². The number of hydroxylamine groups is 1. The topological polar surface area (TPSA) is 313 Å². The average Bonchev–Trinajstić information content (AvgIpc) is 4.00. The molecule has 0 heterocycles. The summed E-state index contributed by atoms with van der Waals surface area (Å²) in [7, 11) is 0. The molecule has 0 unspecified atom stereocenters. The van der Waals surface area contributed by atoms with Crippen LogP contribution in [0, 0.1) is 17.8 Å². The number of carboxylic acids is 3. The predicted octanol–water partition coefficient (Wildman–Crippen LogP) is 2.02. The Kier molecular flexibility index (Phi) is 21.1. The molecule has 0 aromatic carbocycles. The number of carbonyl (C=O) groups excluding carboxylic acids is 7. The lowest BCUT2D eigenvalue weighted by atomic mass is 9.84. The minimum absolute atomic E-state index is 0.0792. The zero-order valence-electron chi connectivity index (χ0n) is 36.4. The monoisotopic (exact) mass is 942 g/mol. The number of alkyl halides is 5. The van der Waals surface area contributed by atoms with E-state index in [2.05, 4.69) is 26.1 Å². The number of halogens is 5. The Bertz CT molecular complexity index is 1760. The molecule has 2 aliphatic rings. The van der Waals surface area contributed by atoms with Gasteiger partial charge in [0.2, 0.25) is 35.3 Å². The molecular formula is C40H59F5N6O14. The van der Waals surface area contributed by atoms with Crippen molar-refractivity contribution in [2.75, 3.05) is 0 Å². The van der Waals surface area contributed by atoms with Crippen LogP contribution in [-0.4, -0.2) is 122 Å². The molecule has 25 heteroatoms. The molecule has 0 aliphatic heterocycles. The first-order valence-electron chi connectivity index (χ1n) is 21.3. The minimum Gasteiger partial charge on any atom is -0.481 e. The van der Waals surface area contributed by atoms with E-state index in [4.69, 9.17) is 5.11 Å². The molecule has 5 amide bonds. The van der Waals surface area contributed by atoms with Crippen molar-refractivity contribution >= 4 is 59.2 Å². The SMILES string of the molecule is CC[C@@H](C)[C@H](NC(=O)[C@H](CC(C)C)NC(=O)[C@@H](CCC(=O)O)NC(=O)[C@H](CC(=O)O)NOC(=O)CCC(=O)O)C(=O)N[C@@H](CC1CCCCC1)C(=O)NC1(C(=O)C(F)(F)C(F)(F)F)CC1. The number of ketones is 1. The number of nitrogens with one attached hydrogen (secondary N) is 6. The first-order chi connectivity index (χ1) is 30.1. The second-order valence-electron chi connectivity index (χ2n) is 17.0. The number of amides is 5. The van der Waals surface area contributed by atoms with Gasteiger partial charge in [-0.25, -0.2) is 0 Å². The van der Waals surface area contributed by atoms with E-state index in [-0.39, 0.29) is 31.1 Å². The van der Waals surface area contributed by atoms with Crippen LogP contribution < -0.4 is 32.1 Å². The summed E-state index contributed by atoms with van der Waals surface area (Å²) in [5.41, 5.74) is -0.630. The molecule has 9 N–H and O–H groups in total. The summed E-state index contributed by atoms with van der Waals surface area (Å²) in [6.07, 6.45) is -7.31. The van der Waals surface area contributed by atoms with Crippen LogP contribution in [0.2, 0.25) is 0 Å². The van der Waals surface area contributed by atoms with E-state index in [9.17, 15) is 80.1 Å². The van der Waals surface area contributed by atoms with Crippen LogP contribution in [0.15, 0.2) is 0 Å². The predicted molar refractivity (Wildman–Crippen MR) is 213 cm³/mol. The van der Waals surface area contributed by atoms with E-state index >= 15 is 0 Å². The van der Waals surface area contributed by atoms with Gasteiger partial charge in [0, 0.05) is 6.42 Å². The fourth-order valence-electron chi connectivity index (χ4n) is 7.03. The number of hydrogen-bond acceptors (Lipinski definition) is 12. The lowest BCUT2D eigenvalue weighted by Gasteiger charge is -2.32. The summed E-state index contributed by atoms with van der Waals surface area (Å²) in [4.78, 5) is 131. The van der Waals surface area contributed by atoms with Crippen LogP contribution in [0.1, 0.15) is 124 Å². The largest absolute Gasteiger partial charge is 0.481 e. The lowest BCUT2D eigenvalue weighted by Crippen LogP contribution is -2.62. The van der Waals surface area contributed by atoms with Crippen molar-refractivity contribution in [3.8, 4) is 0 Å². The van der Waals surface area contributed by atoms with Gasteiger partial charge in [-0.2, -0.15) is 22.0 Å². The van der Waals surface area contributed by atoms with Crippen LogP contribution >= 0.6 is 0 Å². The van der Waals surface area contributed by atoms with Crippen LogP contribution in [0.3, 0.4) is 0 Å². The first kappa shape index (κ1) is 55.6.